The van der Waals surface area contributed by atoms with Gasteiger partial charge in [-0.25, -0.2) is 0 Å². The molecule has 1 atom stereocenters. The SMILES string of the molecule is Cc1cc(NC(=O)C(C)c2ccc(Br)cc2)ccn1. The molecule has 2 rings (SSSR count). The van der Waals surface area contributed by atoms with Gasteiger partial charge in [-0.3, -0.25) is 9.78 Å². The van der Waals surface area contributed by atoms with Crippen LogP contribution in [0.3, 0.4) is 0 Å². The van der Waals surface area contributed by atoms with Gasteiger partial charge in [0.15, 0.2) is 0 Å². The van der Waals surface area contributed by atoms with E-state index in [1.165, 1.54) is 0 Å². The van der Waals surface area contributed by atoms with E-state index < -0.39 is 0 Å². The molecule has 0 bridgehead atoms. The largest absolute Gasteiger partial charge is 0.325 e. The lowest BCUT2D eigenvalue weighted by Gasteiger charge is -2.13. The minimum atomic E-state index is -0.193. The number of rotatable bonds is 3. The molecule has 0 aliphatic heterocycles. The zero-order valence-electron chi connectivity index (χ0n) is 10.9. The van der Waals surface area contributed by atoms with E-state index in [9.17, 15) is 4.79 Å². The van der Waals surface area contributed by atoms with Crippen molar-refractivity contribution in [3.8, 4) is 0 Å². The molecule has 0 radical (unpaired) electrons. The molecule has 1 heterocycles. The zero-order valence-corrected chi connectivity index (χ0v) is 12.4. The smallest absolute Gasteiger partial charge is 0.231 e. The molecule has 0 saturated heterocycles. The third-order valence-electron chi connectivity index (χ3n) is 2.93. The minimum Gasteiger partial charge on any atom is -0.325 e. The number of nitrogens with one attached hydrogen (secondary N) is 1. The van der Waals surface area contributed by atoms with Crippen LogP contribution in [0.25, 0.3) is 0 Å². The lowest BCUT2D eigenvalue weighted by molar-refractivity contribution is -0.117. The first-order valence-electron chi connectivity index (χ1n) is 6.05. The number of halogens is 1. The Morgan fingerprint density at radius 2 is 1.95 bits per heavy atom. The van der Waals surface area contributed by atoms with E-state index in [4.69, 9.17) is 0 Å². The number of carbonyl (C=O) groups is 1. The molecule has 4 heteroatoms. The number of aromatic nitrogens is 1. The van der Waals surface area contributed by atoms with Gasteiger partial charge in [0, 0.05) is 22.1 Å². The summed E-state index contributed by atoms with van der Waals surface area (Å²) in [5.74, 6) is -0.213. The molecule has 0 spiro atoms. The molecule has 1 aromatic heterocycles. The van der Waals surface area contributed by atoms with Gasteiger partial charge < -0.3 is 5.32 Å². The van der Waals surface area contributed by atoms with Crippen LogP contribution in [0.2, 0.25) is 0 Å². The summed E-state index contributed by atoms with van der Waals surface area (Å²) >= 11 is 3.39. The van der Waals surface area contributed by atoms with E-state index in [1.807, 2.05) is 44.2 Å². The van der Waals surface area contributed by atoms with Gasteiger partial charge in [-0.15, -0.1) is 0 Å². The molecule has 3 nitrogen and oxygen atoms in total. The van der Waals surface area contributed by atoms with Crippen LogP contribution in [0.5, 0.6) is 0 Å². The molecule has 2 aromatic rings. The third kappa shape index (κ3) is 3.64. The highest BCUT2D eigenvalue weighted by molar-refractivity contribution is 9.10. The second-order valence-corrected chi connectivity index (χ2v) is 5.36. The van der Waals surface area contributed by atoms with Crippen molar-refractivity contribution in [3.63, 3.8) is 0 Å². The highest BCUT2D eigenvalue weighted by atomic mass is 79.9. The molecule has 98 valence electrons. The van der Waals surface area contributed by atoms with Crippen LogP contribution in [0.4, 0.5) is 5.69 Å². The molecule has 0 saturated carbocycles. The Kier molecular flexibility index (Phi) is 4.32. The molecule has 1 amide bonds. The standard InChI is InChI=1S/C15H15BrN2O/c1-10-9-14(7-8-17-10)18-15(19)11(2)12-3-5-13(16)6-4-12/h3-9,11H,1-2H3,(H,17,18,19). The molecule has 0 aliphatic rings. The van der Waals surface area contributed by atoms with E-state index in [0.29, 0.717) is 0 Å². The summed E-state index contributed by atoms with van der Waals surface area (Å²) in [7, 11) is 0. The monoisotopic (exact) mass is 318 g/mol. The van der Waals surface area contributed by atoms with Crippen molar-refractivity contribution in [2.75, 3.05) is 5.32 Å². The van der Waals surface area contributed by atoms with Gasteiger partial charge in [-0.05, 0) is 43.7 Å². The number of hydrogen-bond donors (Lipinski definition) is 1. The Morgan fingerprint density at radius 1 is 1.26 bits per heavy atom. The average molecular weight is 319 g/mol. The minimum absolute atomic E-state index is 0.0204. The zero-order chi connectivity index (χ0) is 13.8. The van der Waals surface area contributed by atoms with Crippen molar-refractivity contribution >= 4 is 27.5 Å². The van der Waals surface area contributed by atoms with Crippen molar-refractivity contribution in [3.05, 3.63) is 58.3 Å². The number of carbonyl (C=O) groups excluding carboxylic acids is 1. The summed E-state index contributed by atoms with van der Waals surface area (Å²) < 4.78 is 1.01. The quantitative estimate of drug-likeness (QED) is 0.932. The summed E-state index contributed by atoms with van der Waals surface area (Å²) in [6.07, 6.45) is 1.69. The fourth-order valence-corrected chi connectivity index (χ4v) is 2.04. The number of nitrogens with zero attached hydrogens (tertiary/aromatic N) is 1. The van der Waals surface area contributed by atoms with Gasteiger partial charge in [-0.2, -0.15) is 0 Å². The first kappa shape index (κ1) is 13.7. The fraction of sp³-hybridized carbons (Fsp3) is 0.200. The first-order chi connectivity index (χ1) is 9.06. The number of anilines is 1. The van der Waals surface area contributed by atoms with Gasteiger partial charge in [0.2, 0.25) is 5.91 Å². The van der Waals surface area contributed by atoms with Crippen LogP contribution < -0.4 is 5.32 Å². The first-order valence-corrected chi connectivity index (χ1v) is 6.84. The van der Waals surface area contributed by atoms with E-state index in [0.717, 1.165) is 21.4 Å². The molecule has 1 aromatic carbocycles. The lowest BCUT2D eigenvalue weighted by Crippen LogP contribution is -2.18. The number of aryl methyl sites for hydroxylation is 1. The van der Waals surface area contributed by atoms with E-state index in [2.05, 4.69) is 26.2 Å². The summed E-state index contributed by atoms with van der Waals surface area (Å²) in [5, 5.41) is 2.90. The highest BCUT2D eigenvalue weighted by Crippen LogP contribution is 2.20. The van der Waals surface area contributed by atoms with Crippen LogP contribution in [0.15, 0.2) is 47.1 Å². The summed E-state index contributed by atoms with van der Waals surface area (Å²) in [4.78, 5) is 16.3. The lowest BCUT2D eigenvalue weighted by atomic mass is 10.0. The molecule has 1 unspecified atom stereocenters. The maximum atomic E-state index is 12.2. The number of hydrogen-bond acceptors (Lipinski definition) is 2. The Labute approximate surface area is 121 Å². The van der Waals surface area contributed by atoms with Crippen molar-refractivity contribution in [2.45, 2.75) is 19.8 Å². The Bertz CT molecular complexity index is 581. The van der Waals surface area contributed by atoms with Crippen molar-refractivity contribution in [1.82, 2.24) is 4.98 Å². The van der Waals surface area contributed by atoms with Gasteiger partial charge in [0.1, 0.15) is 0 Å². The van der Waals surface area contributed by atoms with Crippen LogP contribution >= 0.6 is 15.9 Å². The maximum Gasteiger partial charge on any atom is 0.231 e. The summed E-state index contributed by atoms with van der Waals surface area (Å²) in [6, 6.07) is 11.4. The fourth-order valence-electron chi connectivity index (χ4n) is 1.78. The number of amides is 1. The van der Waals surface area contributed by atoms with Crippen LogP contribution in [0.1, 0.15) is 24.1 Å². The number of pyridine rings is 1. The Morgan fingerprint density at radius 3 is 2.58 bits per heavy atom. The van der Waals surface area contributed by atoms with E-state index in [1.54, 1.807) is 12.3 Å². The molecule has 1 N–H and O–H groups in total. The Balaban J connectivity index is 2.09. The van der Waals surface area contributed by atoms with Crippen molar-refractivity contribution in [1.29, 1.82) is 0 Å². The van der Waals surface area contributed by atoms with Crippen LogP contribution in [0, 0.1) is 6.92 Å². The Hall–Kier alpha value is -1.68. The second-order valence-electron chi connectivity index (χ2n) is 4.45. The van der Waals surface area contributed by atoms with Crippen LogP contribution in [-0.2, 0) is 4.79 Å². The van der Waals surface area contributed by atoms with Crippen molar-refractivity contribution in [2.24, 2.45) is 0 Å². The second kappa shape index (κ2) is 5.97. The molecule has 0 fully saturated rings. The van der Waals surface area contributed by atoms with Crippen molar-refractivity contribution < 1.29 is 4.79 Å². The van der Waals surface area contributed by atoms with Gasteiger partial charge in [0.25, 0.3) is 0 Å². The summed E-state index contributed by atoms with van der Waals surface area (Å²) in [6.45, 7) is 3.79. The molecular formula is C15H15BrN2O. The predicted molar refractivity (Wildman–Crippen MR) is 80.2 cm³/mol. The van der Waals surface area contributed by atoms with E-state index >= 15 is 0 Å². The molecule has 0 aliphatic carbocycles. The highest BCUT2D eigenvalue weighted by Gasteiger charge is 2.15. The molecular weight excluding hydrogens is 304 g/mol. The normalized spacial score (nSPS) is 11.9. The predicted octanol–water partition coefficient (Wildman–Crippen LogP) is 3.89. The van der Waals surface area contributed by atoms with Gasteiger partial charge in [-0.1, -0.05) is 28.1 Å². The molecule has 19 heavy (non-hydrogen) atoms. The van der Waals surface area contributed by atoms with E-state index in [-0.39, 0.29) is 11.8 Å². The number of benzene rings is 1. The van der Waals surface area contributed by atoms with Gasteiger partial charge >= 0.3 is 0 Å². The maximum absolute atomic E-state index is 12.2. The average Bonchev–Trinajstić information content (AvgIpc) is 2.39. The topological polar surface area (TPSA) is 42.0 Å². The van der Waals surface area contributed by atoms with Crippen LogP contribution in [-0.4, -0.2) is 10.9 Å². The van der Waals surface area contributed by atoms with Gasteiger partial charge in [0.05, 0.1) is 5.92 Å². The summed E-state index contributed by atoms with van der Waals surface area (Å²) in [5.41, 5.74) is 2.65. The third-order valence-corrected chi connectivity index (χ3v) is 3.46.